The van der Waals surface area contributed by atoms with Gasteiger partial charge in [-0.05, 0) is 38.5 Å². The molecule has 0 aromatic carbocycles. The van der Waals surface area contributed by atoms with Gasteiger partial charge < -0.3 is 5.32 Å². The number of nitrogens with one attached hydrogen (secondary N) is 1. The highest BCUT2D eigenvalue weighted by atomic mass is 35.5. The maximum Gasteiger partial charge on any atom is 0.243 e. The molecular weight excluding hydrogens is 248 g/mol. The predicted octanol–water partition coefficient (Wildman–Crippen LogP) is 2.96. The normalized spacial score (nSPS) is 23.9. The van der Waals surface area contributed by atoms with Gasteiger partial charge in [-0.1, -0.05) is 13.8 Å². The molecule has 0 saturated heterocycles. The van der Waals surface area contributed by atoms with Crippen molar-refractivity contribution in [3.8, 4) is 0 Å². The molecule has 1 fully saturated rings. The summed E-state index contributed by atoms with van der Waals surface area (Å²) in [5, 5.41) is 12.1. The molecule has 0 radical (unpaired) electrons. The maximum absolute atomic E-state index is 6.10. The SMILES string of the molecule is CCc1nnc(NC2CCC(Cl)CC2)nc1CC. The van der Waals surface area contributed by atoms with Gasteiger partial charge in [-0.3, -0.25) is 0 Å². The molecule has 4 nitrogen and oxygen atoms in total. The highest BCUT2D eigenvalue weighted by molar-refractivity contribution is 6.20. The first-order chi connectivity index (χ1) is 8.72. The first-order valence-electron chi connectivity index (χ1n) is 6.86. The first kappa shape index (κ1) is 13.5. The molecule has 1 aromatic heterocycles. The van der Waals surface area contributed by atoms with E-state index >= 15 is 0 Å². The Morgan fingerprint density at radius 3 is 2.33 bits per heavy atom. The molecule has 1 heterocycles. The van der Waals surface area contributed by atoms with Crippen molar-refractivity contribution in [2.45, 2.75) is 63.8 Å². The summed E-state index contributed by atoms with van der Waals surface area (Å²) in [6, 6.07) is 0.444. The number of rotatable bonds is 4. The van der Waals surface area contributed by atoms with Crippen LogP contribution in [0.5, 0.6) is 0 Å². The minimum Gasteiger partial charge on any atom is -0.350 e. The highest BCUT2D eigenvalue weighted by Gasteiger charge is 2.20. The van der Waals surface area contributed by atoms with Crippen LogP contribution in [0.4, 0.5) is 5.95 Å². The van der Waals surface area contributed by atoms with Crippen LogP contribution in [-0.2, 0) is 12.8 Å². The molecule has 1 aliphatic carbocycles. The molecule has 18 heavy (non-hydrogen) atoms. The van der Waals surface area contributed by atoms with Gasteiger partial charge in [0.2, 0.25) is 5.95 Å². The van der Waals surface area contributed by atoms with Gasteiger partial charge in [0.1, 0.15) is 0 Å². The summed E-state index contributed by atoms with van der Waals surface area (Å²) in [5.74, 6) is 0.669. The highest BCUT2D eigenvalue weighted by Crippen LogP contribution is 2.24. The Morgan fingerprint density at radius 1 is 1.06 bits per heavy atom. The molecule has 100 valence electrons. The molecule has 2 rings (SSSR count). The predicted molar refractivity (Wildman–Crippen MR) is 74.1 cm³/mol. The molecule has 1 aromatic rings. The Hall–Kier alpha value is -0.900. The Labute approximate surface area is 114 Å². The Bertz CT molecular complexity index is 389. The number of hydrogen-bond acceptors (Lipinski definition) is 4. The van der Waals surface area contributed by atoms with E-state index in [1.54, 1.807) is 0 Å². The Kier molecular flexibility index (Phi) is 4.75. The smallest absolute Gasteiger partial charge is 0.243 e. The molecular formula is C13H21ClN4. The van der Waals surface area contributed by atoms with Crippen LogP contribution in [0.2, 0.25) is 0 Å². The van der Waals surface area contributed by atoms with E-state index in [0.717, 1.165) is 49.9 Å². The second-order valence-electron chi connectivity index (χ2n) is 4.83. The van der Waals surface area contributed by atoms with Crippen molar-refractivity contribution in [3.05, 3.63) is 11.4 Å². The third-order valence-electron chi connectivity index (χ3n) is 3.50. The minimum absolute atomic E-state index is 0.343. The second kappa shape index (κ2) is 6.32. The van der Waals surface area contributed by atoms with E-state index in [1.807, 2.05) is 0 Å². The van der Waals surface area contributed by atoms with Crippen LogP contribution in [0.25, 0.3) is 0 Å². The van der Waals surface area contributed by atoms with Crippen molar-refractivity contribution in [1.29, 1.82) is 0 Å². The lowest BCUT2D eigenvalue weighted by molar-refractivity contribution is 0.465. The van der Waals surface area contributed by atoms with Gasteiger partial charge in [0.15, 0.2) is 0 Å². The van der Waals surface area contributed by atoms with E-state index in [1.165, 1.54) is 0 Å². The van der Waals surface area contributed by atoms with E-state index in [2.05, 4.69) is 34.3 Å². The Balaban J connectivity index is 2.01. The van der Waals surface area contributed by atoms with Gasteiger partial charge in [0.25, 0.3) is 0 Å². The quantitative estimate of drug-likeness (QED) is 0.853. The zero-order chi connectivity index (χ0) is 13.0. The van der Waals surface area contributed by atoms with Crippen LogP contribution in [0.15, 0.2) is 0 Å². The lowest BCUT2D eigenvalue weighted by atomic mass is 9.95. The molecule has 0 unspecified atom stereocenters. The number of halogens is 1. The van der Waals surface area contributed by atoms with Crippen molar-refractivity contribution in [3.63, 3.8) is 0 Å². The van der Waals surface area contributed by atoms with Gasteiger partial charge in [-0.15, -0.1) is 16.7 Å². The molecule has 0 bridgehead atoms. The lowest BCUT2D eigenvalue weighted by Gasteiger charge is -2.25. The second-order valence-corrected chi connectivity index (χ2v) is 5.45. The largest absolute Gasteiger partial charge is 0.350 e. The summed E-state index contributed by atoms with van der Waals surface area (Å²) in [5.41, 5.74) is 2.06. The van der Waals surface area contributed by atoms with Gasteiger partial charge in [0, 0.05) is 11.4 Å². The summed E-state index contributed by atoms with van der Waals surface area (Å²) in [6.45, 7) is 4.19. The number of alkyl halides is 1. The number of aromatic nitrogens is 3. The number of nitrogens with zero attached hydrogens (tertiary/aromatic N) is 3. The van der Waals surface area contributed by atoms with E-state index in [9.17, 15) is 0 Å². The van der Waals surface area contributed by atoms with Crippen LogP contribution in [0.1, 0.15) is 50.9 Å². The summed E-state index contributed by atoms with van der Waals surface area (Å²) in [6.07, 6.45) is 6.12. The third-order valence-corrected chi connectivity index (χ3v) is 3.94. The fourth-order valence-electron chi connectivity index (χ4n) is 2.38. The standard InChI is InChI=1S/C13H21ClN4/c1-3-11-12(4-2)17-18-13(16-11)15-10-7-5-9(14)6-8-10/h9-10H,3-8H2,1-2H3,(H,15,16,18). The first-order valence-corrected chi connectivity index (χ1v) is 7.29. The van der Waals surface area contributed by atoms with E-state index in [4.69, 9.17) is 11.6 Å². The number of hydrogen-bond donors (Lipinski definition) is 1. The molecule has 1 saturated carbocycles. The van der Waals surface area contributed by atoms with Crippen molar-refractivity contribution >= 4 is 17.5 Å². The van der Waals surface area contributed by atoms with Gasteiger partial charge in [0.05, 0.1) is 11.4 Å². The fourth-order valence-corrected chi connectivity index (χ4v) is 2.63. The average Bonchev–Trinajstić information content (AvgIpc) is 2.41. The van der Waals surface area contributed by atoms with E-state index in [0.29, 0.717) is 17.4 Å². The van der Waals surface area contributed by atoms with Crippen molar-refractivity contribution < 1.29 is 0 Å². The van der Waals surface area contributed by atoms with Crippen LogP contribution in [0, 0.1) is 0 Å². The van der Waals surface area contributed by atoms with Crippen LogP contribution in [0.3, 0.4) is 0 Å². The van der Waals surface area contributed by atoms with Gasteiger partial charge in [-0.25, -0.2) is 4.98 Å². The topological polar surface area (TPSA) is 50.7 Å². The summed E-state index contributed by atoms with van der Waals surface area (Å²) >= 11 is 6.10. The van der Waals surface area contributed by atoms with Gasteiger partial charge >= 0.3 is 0 Å². The van der Waals surface area contributed by atoms with Gasteiger partial charge in [-0.2, -0.15) is 5.10 Å². The maximum atomic E-state index is 6.10. The number of anilines is 1. The summed E-state index contributed by atoms with van der Waals surface area (Å²) < 4.78 is 0. The van der Waals surface area contributed by atoms with Crippen molar-refractivity contribution in [1.82, 2.24) is 15.2 Å². The van der Waals surface area contributed by atoms with Crippen LogP contribution in [-0.4, -0.2) is 26.6 Å². The molecule has 0 amide bonds. The molecule has 1 N–H and O–H groups in total. The average molecular weight is 269 g/mol. The summed E-state index contributed by atoms with van der Waals surface area (Å²) in [7, 11) is 0. The minimum atomic E-state index is 0.343. The molecule has 5 heteroatoms. The van der Waals surface area contributed by atoms with E-state index in [-0.39, 0.29) is 0 Å². The van der Waals surface area contributed by atoms with Crippen molar-refractivity contribution in [2.24, 2.45) is 0 Å². The summed E-state index contributed by atoms with van der Waals surface area (Å²) in [4.78, 5) is 4.56. The monoisotopic (exact) mass is 268 g/mol. The van der Waals surface area contributed by atoms with Crippen molar-refractivity contribution in [2.75, 3.05) is 5.32 Å². The third kappa shape index (κ3) is 3.31. The molecule has 1 aliphatic rings. The van der Waals surface area contributed by atoms with Crippen LogP contribution >= 0.6 is 11.6 Å². The molecule has 0 aliphatic heterocycles. The number of aryl methyl sites for hydroxylation is 2. The molecule has 0 spiro atoms. The zero-order valence-corrected chi connectivity index (χ0v) is 11.9. The fraction of sp³-hybridized carbons (Fsp3) is 0.769. The lowest BCUT2D eigenvalue weighted by Crippen LogP contribution is -2.27. The van der Waals surface area contributed by atoms with E-state index < -0.39 is 0 Å². The van der Waals surface area contributed by atoms with Crippen LogP contribution < -0.4 is 5.32 Å². The zero-order valence-electron chi connectivity index (χ0n) is 11.1. The molecule has 0 atom stereocenters. The Morgan fingerprint density at radius 2 is 1.72 bits per heavy atom.